The first-order valence-corrected chi connectivity index (χ1v) is 13.2. The molecular formula is C29H27Cl3N2O4. The zero-order chi connectivity index (χ0) is 27.1. The fourth-order valence-electron chi connectivity index (χ4n) is 4.21. The molecule has 0 aliphatic carbocycles. The molecule has 4 rings (SSSR count). The topological polar surface area (TPSA) is 80.2 Å². The van der Waals surface area contributed by atoms with Gasteiger partial charge in [0, 0.05) is 52.2 Å². The van der Waals surface area contributed by atoms with Crippen molar-refractivity contribution < 1.29 is 19.4 Å². The van der Waals surface area contributed by atoms with Crippen molar-refractivity contribution in [2.45, 2.75) is 31.0 Å². The second kappa shape index (κ2) is 12.7. The lowest BCUT2D eigenvalue weighted by Crippen LogP contribution is -2.47. The molecule has 1 heterocycles. The Kier molecular flexibility index (Phi) is 9.34. The molecule has 2 N–H and O–H groups in total. The van der Waals surface area contributed by atoms with Crippen LogP contribution in [-0.2, 0) is 16.1 Å². The van der Waals surface area contributed by atoms with Gasteiger partial charge in [0.15, 0.2) is 11.6 Å². The summed E-state index contributed by atoms with van der Waals surface area (Å²) in [4.78, 5) is 18.7. The van der Waals surface area contributed by atoms with E-state index in [4.69, 9.17) is 54.4 Å². The molecule has 0 bridgehead atoms. The van der Waals surface area contributed by atoms with E-state index in [1.54, 1.807) is 48.5 Å². The Bertz CT molecular complexity index is 1330. The van der Waals surface area contributed by atoms with Gasteiger partial charge >= 0.3 is 0 Å². The lowest BCUT2D eigenvalue weighted by atomic mass is 9.84. The number of halogens is 3. The van der Waals surface area contributed by atoms with Crippen LogP contribution in [0.2, 0.25) is 15.1 Å². The van der Waals surface area contributed by atoms with Crippen molar-refractivity contribution in [3.63, 3.8) is 0 Å². The number of carbonyl (C=O) groups is 1. The van der Waals surface area contributed by atoms with Crippen LogP contribution < -0.4 is 10.1 Å². The van der Waals surface area contributed by atoms with E-state index in [1.807, 2.05) is 24.3 Å². The average molecular weight is 574 g/mol. The van der Waals surface area contributed by atoms with E-state index in [0.29, 0.717) is 50.9 Å². The molecule has 0 aromatic heterocycles. The highest BCUT2D eigenvalue weighted by Gasteiger charge is 2.53. The number of carbonyl (C=O) groups excluding carboxylic acids is 1. The van der Waals surface area contributed by atoms with Crippen LogP contribution in [0.15, 0.2) is 84.4 Å². The van der Waals surface area contributed by atoms with Crippen molar-refractivity contribution in [3.8, 4) is 5.75 Å². The summed E-state index contributed by atoms with van der Waals surface area (Å²) in [5.41, 5.74) is 0.728. The van der Waals surface area contributed by atoms with Crippen LogP contribution in [0.1, 0.15) is 35.6 Å². The number of nitrogens with zero attached hydrogens (tertiary/aromatic N) is 1. The van der Waals surface area contributed by atoms with Crippen molar-refractivity contribution >= 4 is 46.6 Å². The quantitative estimate of drug-likeness (QED) is 0.201. The Morgan fingerprint density at radius 1 is 1.11 bits per heavy atom. The van der Waals surface area contributed by atoms with Gasteiger partial charge in [0.2, 0.25) is 5.90 Å². The van der Waals surface area contributed by atoms with Gasteiger partial charge in [-0.15, -0.1) is 6.58 Å². The minimum atomic E-state index is -1.37. The zero-order valence-corrected chi connectivity index (χ0v) is 22.8. The number of ether oxygens (including phenoxy) is 2. The molecule has 38 heavy (non-hydrogen) atoms. The van der Waals surface area contributed by atoms with E-state index in [0.717, 1.165) is 5.56 Å². The molecule has 0 fully saturated rings. The molecule has 0 saturated heterocycles. The van der Waals surface area contributed by atoms with Gasteiger partial charge in [0.1, 0.15) is 5.75 Å². The summed E-state index contributed by atoms with van der Waals surface area (Å²) in [7, 11) is 0. The van der Waals surface area contributed by atoms with Crippen molar-refractivity contribution in [2.75, 3.05) is 13.2 Å². The number of hydrogen-bond acceptors (Lipinski definition) is 5. The molecule has 3 aromatic carbocycles. The molecule has 198 valence electrons. The lowest BCUT2D eigenvalue weighted by Gasteiger charge is -2.30. The maximum Gasteiger partial charge on any atom is 0.252 e. The molecular weight excluding hydrogens is 547 g/mol. The molecule has 3 aromatic rings. The fraction of sp³-hybridized carbons (Fsp3) is 0.241. The number of nitrogens with one attached hydrogen (secondary N) is 1. The van der Waals surface area contributed by atoms with Crippen molar-refractivity contribution in [2.24, 2.45) is 4.99 Å². The summed E-state index contributed by atoms with van der Waals surface area (Å²) in [6.45, 7) is 4.59. The first-order chi connectivity index (χ1) is 18.4. The van der Waals surface area contributed by atoms with Gasteiger partial charge in [0.25, 0.3) is 5.91 Å². The van der Waals surface area contributed by atoms with Gasteiger partial charge in [-0.3, -0.25) is 4.79 Å². The molecule has 9 heteroatoms. The number of amides is 1. The predicted octanol–water partition coefficient (Wildman–Crippen LogP) is 6.56. The molecule has 1 aliphatic rings. The first-order valence-electron chi connectivity index (χ1n) is 12.1. The van der Waals surface area contributed by atoms with Gasteiger partial charge in [-0.25, -0.2) is 4.99 Å². The van der Waals surface area contributed by atoms with Gasteiger partial charge in [-0.05, 0) is 54.1 Å². The molecule has 0 saturated carbocycles. The highest BCUT2D eigenvalue weighted by molar-refractivity contribution is 6.35. The second-order valence-electron chi connectivity index (χ2n) is 8.76. The zero-order valence-electron chi connectivity index (χ0n) is 20.5. The maximum atomic E-state index is 13.9. The second-order valence-corrected chi connectivity index (χ2v) is 10.0. The Labute approximate surface area is 236 Å². The summed E-state index contributed by atoms with van der Waals surface area (Å²) in [6.07, 6.45) is 1.54. The molecule has 6 nitrogen and oxygen atoms in total. The minimum absolute atomic E-state index is 0.0577. The highest BCUT2D eigenvalue weighted by atomic mass is 35.5. The number of hydrogen-bond donors (Lipinski definition) is 2. The SMILES string of the molecule is C=CC[C@@]1(C(=O)NCc2cccc(Cl)c2)N=C(c2ccc(OCCCO)cc2)O[C@@H]1c1ccc(Cl)cc1Cl. The molecule has 1 aliphatic heterocycles. The number of aliphatic hydroxyl groups is 1. The number of rotatable bonds is 11. The largest absolute Gasteiger partial charge is 0.494 e. The summed E-state index contributed by atoms with van der Waals surface area (Å²) in [5.74, 6) is 0.602. The fourth-order valence-corrected chi connectivity index (χ4v) is 4.93. The Morgan fingerprint density at radius 2 is 1.87 bits per heavy atom. The average Bonchev–Trinajstić information content (AvgIpc) is 3.28. The summed E-state index contributed by atoms with van der Waals surface area (Å²) < 4.78 is 12.0. The van der Waals surface area contributed by atoms with E-state index < -0.39 is 11.6 Å². The third-order valence-electron chi connectivity index (χ3n) is 6.07. The Hall–Kier alpha value is -3.03. The van der Waals surface area contributed by atoms with E-state index in [2.05, 4.69) is 11.9 Å². The van der Waals surface area contributed by atoms with Gasteiger partial charge in [-0.1, -0.05) is 59.1 Å². The molecule has 0 unspecified atom stereocenters. The Balaban J connectivity index is 1.69. The lowest BCUT2D eigenvalue weighted by molar-refractivity contribution is -0.129. The van der Waals surface area contributed by atoms with E-state index >= 15 is 0 Å². The predicted molar refractivity (Wildman–Crippen MR) is 151 cm³/mol. The normalized spacial score (nSPS) is 18.4. The molecule has 2 atom stereocenters. The van der Waals surface area contributed by atoms with E-state index in [-0.39, 0.29) is 25.5 Å². The van der Waals surface area contributed by atoms with Crippen LogP contribution in [0.4, 0.5) is 0 Å². The highest BCUT2D eigenvalue weighted by Crippen LogP contribution is 2.45. The van der Waals surface area contributed by atoms with Gasteiger partial charge < -0.3 is 19.9 Å². The number of aliphatic hydroxyl groups excluding tert-OH is 1. The van der Waals surface area contributed by atoms with Gasteiger partial charge in [0.05, 0.1) is 6.61 Å². The molecule has 0 spiro atoms. The van der Waals surface area contributed by atoms with Crippen LogP contribution in [0.25, 0.3) is 0 Å². The van der Waals surface area contributed by atoms with Crippen molar-refractivity contribution in [1.29, 1.82) is 0 Å². The first kappa shape index (κ1) is 28.0. The number of benzene rings is 3. The van der Waals surface area contributed by atoms with E-state index in [1.165, 1.54) is 0 Å². The standard InChI is InChI=1S/C29H27Cl3N2O4/c1-2-13-29(28(36)33-18-19-5-3-6-21(30)16-19)26(24-12-9-22(31)17-25(24)32)38-27(34-29)20-7-10-23(11-8-20)37-15-4-14-35/h2-3,5-12,16-17,26,35H,1,4,13-15,18H2,(H,33,36)/t26-,29-/m1/s1. The smallest absolute Gasteiger partial charge is 0.252 e. The summed E-state index contributed by atoms with van der Waals surface area (Å²) in [6, 6.07) is 19.5. The van der Waals surface area contributed by atoms with Crippen LogP contribution in [0, 0.1) is 0 Å². The van der Waals surface area contributed by atoms with Crippen molar-refractivity contribution in [3.05, 3.63) is 111 Å². The minimum Gasteiger partial charge on any atom is -0.494 e. The third-order valence-corrected chi connectivity index (χ3v) is 6.87. The number of aliphatic imine (C=N–C) groups is 1. The van der Waals surface area contributed by atoms with Crippen LogP contribution in [0.3, 0.4) is 0 Å². The maximum absolute atomic E-state index is 13.9. The van der Waals surface area contributed by atoms with Crippen LogP contribution >= 0.6 is 34.8 Å². The summed E-state index contributed by atoms with van der Waals surface area (Å²) in [5, 5.41) is 13.4. The van der Waals surface area contributed by atoms with Crippen molar-refractivity contribution in [1.82, 2.24) is 5.32 Å². The Morgan fingerprint density at radius 3 is 2.55 bits per heavy atom. The summed E-state index contributed by atoms with van der Waals surface area (Å²) >= 11 is 18.9. The third kappa shape index (κ3) is 6.33. The molecule has 0 radical (unpaired) electrons. The van der Waals surface area contributed by atoms with Crippen LogP contribution in [-0.4, -0.2) is 35.7 Å². The monoisotopic (exact) mass is 572 g/mol. The molecule has 1 amide bonds. The van der Waals surface area contributed by atoms with Crippen LogP contribution in [0.5, 0.6) is 5.75 Å². The van der Waals surface area contributed by atoms with Gasteiger partial charge in [-0.2, -0.15) is 0 Å². The van der Waals surface area contributed by atoms with E-state index in [9.17, 15) is 4.79 Å².